The van der Waals surface area contributed by atoms with E-state index in [1.165, 1.54) is 94.6 Å². The van der Waals surface area contributed by atoms with Gasteiger partial charge in [0.1, 0.15) is 12.0 Å². The largest absolute Gasteiger partial charge is 0.393 e. The van der Waals surface area contributed by atoms with Gasteiger partial charge in [0.15, 0.2) is 11.6 Å². The Labute approximate surface area is 261 Å². The Hall–Kier alpha value is -3.12. The molecule has 1 saturated heterocycles. The Morgan fingerprint density at radius 3 is 1.65 bits per heavy atom. The van der Waals surface area contributed by atoms with Gasteiger partial charge in [-0.1, -0.05) is 151 Å². The fourth-order valence-corrected chi connectivity index (χ4v) is 6.38. The molecule has 0 amide bonds. The minimum Gasteiger partial charge on any atom is -0.393 e. The number of unbranched alkanes of at least 4 members (excludes halogenated alkanes) is 13. The van der Waals surface area contributed by atoms with Crippen molar-refractivity contribution in [1.82, 2.24) is 14.9 Å². The van der Waals surface area contributed by atoms with Gasteiger partial charge in [-0.25, -0.2) is 9.97 Å². The summed E-state index contributed by atoms with van der Waals surface area (Å²) < 4.78 is 0. The van der Waals surface area contributed by atoms with Gasteiger partial charge >= 0.3 is 0 Å². The average Bonchev–Trinajstić information content (AvgIpc) is 3.05. The summed E-state index contributed by atoms with van der Waals surface area (Å²) in [7, 11) is 0. The highest BCUT2D eigenvalue weighted by atomic mass is 15.3. The van der Waals surface area contributed by atoms with Crippen LogP contribution in [-0.4, -0.2) is 47.6 Å². The summed E-state index contributed by atoms with van der Waals surface area (Å²) in [4.78, 5) is 14.0. The predicted molar refractivity (Wildman–Crippen MR) is 184 cm³/mol. The number of piperazine rings is 1. The van der Waals surface area contributed by atoms with Crippen molar-refractivity contribution >= 4 is 17.3 Å². The minimum absolute atomic E-state index is 0.245. The van der Waals surface area contributed by atoms with E-state index in [2.05, 4.69) is 92.7 Å². The zero-order valence-corrected chi connectivity index (χ0v) is 26.7. The summed E-state index contributed by atoms with van der Waals surface area (Å²) in [6.45, 7) is 6.85. The zero-order chi connectivity index (χ0) is 30.0. The van der Waals surface area contributed by atoms with E-state index in [0.717, 1.165) is 50.8 Å². The molecule has 0 atom stereocenters. The fraction of sp³-hybridized carbons (Fsp3) is 0.568. The van der Waals surface area contributed by atoms with Crippen LogP contribution in [0.4, 0.5) is 17.3 Å². The maximum absolute atomic E-state index is 6.61. The third-order valence-electron chi connectivity index (χ3n) is 8.90. The van der Waals surface area contributed by atoms with E-state index >= 15 is 0 Å². The van der Waals surface area contributed by atoms with Crippen LogP contribution in [0.3, 0.4) is 0 Å². The summed E-state index contributed by atoms with van der Waals surface area (Å²) in [6, 6.07) is 21.9. The predicted octanol–water partition coefficient (Wildman–Crippen LogP) is 8.86. The average molecular weight is 585 g/mol. The number of nitrogens with one attached hydrogen (secondary N) is 1. The van der Waals surface area contributed by atoms with E-state index in [0.29, 0.717) is 5.69 Å². The highest BCUT2D eigenvalue weighted by Gasteiger charge is 2.28. The standard InChI is InChI=1S/C37H56N6/c1-2-3-4-5-6-7-8-9-10-11-12-13-14-21-26-39-36-34(38)37(41-31-40-36)43-29-27-42(28-30-43)35(32-22-17-15-18-23-32)33-24-19-16-20-25-33/h15-20,22-25,31,35H,2-14,21,26-30,38H2,1H3,(H,39,40,41). The topological polar surface area (TPSA) is 70.3 Å². The SMILES string of the molecule is CCCCCCCCCCCCCCCCNc1ncnc(N2CCN(C(c3ccccc3)c3ccccc3)CC2)c1N. The number of anilines is 3. The first-order valence-corrected chi connectivity index (χ1v) is 17.2. The molecule has 1 aliphatic heterocycles. The second kappa shape index (κ2) is 19.2. The molecule has 0 aliphatic carbocycles. The molecule has 1 aliphatic rings. The van der Waals surface area contributed by atoms with Crippen LogP contribution >= 0.6 is 0 Å². The summed E-state index contributed by atoms with van der Waals surface area (Å²) in [6.07, 6.45) is 20.9. The van der Waals surface area contributed by atoms with Crippen LogP contribution in [0.1, 0.15) is 114 Å². The molecule has 43 heavy (non-hydrogen) atoms. The van der Waals surface area contributed by atoms with Crippen molar-refractivity contribution in [3.05, 3.63) is 78.1 Å². The Bertz CT molecular complexity index is 1090. The van der Waals surface area contributed by atoms with Gasteiger partial charge < -0.3 is 16.0 Å². The van der Waals surface area contributed by atoms with Gasteiger partial charge in [-0.05, 0) is 17.5 Å². The lowest BCUT2D eigenvalue weighted by atomic mass is 9.96. The third kappa shape index (κ3) is 10.8. The molecule has 0 bridgehead atoms. The van der Waals surface area contributed by atoms with Crippen LogP contribution in [0.5, 0.6) is 0 Å². The second-order valence-corrected chi connectivity index (χ2v) is 12.2. The van der Waals surface area contributed by atoms with Gasteiger partial charge in [0.25, 0.3) is 0 Å². The van der Waals surface area contributed by atoms with Crippen molar-refractivity contribution in [2.75, 3.05) is 48.7 Å². The Morgan fingerprint density at radius 1 is 0.651 bits per heavy atom. The number of rotatable bonds is 20. The van der Waals surface area contributed by atoms with Gasteiger partial charge in [-0.3, -0.25) is 4.90 Å². The Morgan fingerprint density at radius 2 is 1.14 bits per heavy atom. The van der Waals surface area contributed by atoms with Crippen molar-refractivity contribution in [3.8, 4) is 0 Å². The van der Waals surface area contributed by atoms with Crippen LogP contribution in [0, 0.1) is 0 Å². The van der Waals surface area contributed by atoms with Gasteiger partial charge in [-0.15, -0.1) is 0 Å². The number of nitrogens with zero attached hydrogens (tertiary/aromatic N) is 4. The van der Waals surface area contributed by atoms with Crippen molar-refractivity contribution in [2.24, 2.45) is 0 Å². The number of aromatic nitrogens is 2. The normalized spacial score (nSPS) is 14.0. The highest BCUT2D eigenvalue weighted by Crippen LogP contribution is 2.32. The van der Waals surface area contributed by atoms with Crippen LogP contribution in [0.25, 0.3) is 0 Å². The summed E-state index contributed by atoms with van der Waals surface area (Å²) >= 11 is 0. The first-order chi connectivity index (χ1) is 21.3. The molecule has 0 saturated carbocycles. The molecular formula is C37H56N6. The number of benzene rings is 2. The van der Waals surface area contributed by atoms with E-state index in [1.54, 1.807) is 6.33 Å². The maximum Gasteiger partial charge on any atom is 0.157 e. The summed E-state index contributed by atoms with van der Waals surface area (Å²) in [5.41, 5.74) is 9.94. The summed E-state index contributed by atoms with van der Waals surface area (Å²) in [5.74, 6) is 1.63. The fourth-order valence-electron chi connectivity index (χ4n) is 6.38. The Kier molecular flexibility index (Phi) is 14.7. The molecule has 2 heterocycles. The molecule has 0 spiro atoms. The molecule has 0 unspecified atom stereocenters. The van der Waals surface area contributed by atoms with E-state index in [1.807, 2.05) is 0 Å². The highest BCUT2D eigenvalue weighted by molar-refractivity contribution is 5.75. The van der Waals surface area contributed by atoms with Crippen molar-refractivity contribution in [3.63, 3.8) is 0 Å². The number of nitrogen functional groups attached to an aromatic ring is 1. The van der Waals surface area contributed by atoms with Gasteiger partial charge in [-0.2, -0.15) is 0 Å². The van der Waals surface area contributed by atoms with Crippen LogP contribution in [-0.2, 0) is 0 Å². The number of hydrogen-bond acceptors (Lipinski definition) is 6. The maximum atomic E-state index is 6.61. The van der Waals surface area contributed by atoms with Gasteiger partial charge in [0.05, 0.1) is 6.04 Å². The van der Waals surface area contributed by atoms with E-state index < -0.39 is 0 Å². The monoisotopic (exact) mass is 584 g/mol. The molecule has 6 nitrogen and oxygen atoms in total. The molecule has 3 N–H and O–H groups in total. The molecule has 0 radical (unpaired) electrons. The summed E-state index contributed by atoms with van der Waals surface area (Å²) in [5, 5.41) is 3.49. The lowest BCUT2D eigenvalue weighted by Crippen LogP contribution is -2.48. The first kappa shape index (κ1) is 32.8. The molecule has 1 fully saturated rings. The molecular weight excluding hydrogens is 528 g/mol. The second-order valence-electron chi connectivity index (χ2n) is 12.2. The van der Waals surface area contributed by atoms with Crippen LogP contribution in [0.15, 0.2) is 67.0 Å². The van der Waals surface area contributed by atoms with E-state index in [4.69, 9.17) is 5.73 Å². The first-order valence-electron chi connectivity index (χ1n) is 17.2. The van der Waals surface area contributed by atoms with Gasteiger partial charge in [0.2, 0.25) is 0 Å². The van der Waals surface area contributed by atoms with Crippen LogP contribution < -0.4 is 16.0 Å². The molecule has 4 rings (SSSR count). The minimum atomic E-state index is 0.245. The number of hydrogen-bond donors (Lipinski definition) is 2. The quantitative estimate of drug-likeness (QED) is 0.129. The molecule has 6 heteroatoms. The third-order valence-corrected chi connectivity index (χ3v) is 8.90. The molecule has 3 aromatic rings. The number of nitrogens with two attached hydrogens (primary N) is 1. The van der Waals surface area contributed by atoms with Crippen molar-refractivity contribution < 1.29 is 0 Å². The smallest absolute Gasteiger partial charge is 0.157 e. The van der Waals surface area contributed by atoms with Crippen LogP contribution in [0.2, 0.25) is 0 Å². The lowest BCUT2D eigenvalue weighted by Gasteiger charge is -2.40. The molecule has 2 aromatic carbocycles. The Balaban J connectivity index is 1.14. The molecule has 1 aromatic heterocycles. The van der Waals surface area contributed by atoms with E-state index in [-0.39, 0.29) is 6.04 Å². The zero-order valence-electron chi connectivity index (χ0n) is 26.7. The van der Waals surface area contributed by atoms with E-state index in [9.17, 15) is 0 Å². The lowest BCUT2D eigenvalue weighted by molar-refractivity contribution is 0.212. The molecule has 234 valence electrons. The van der Waals surface area contributed by atoms with Gasteiger partial charge in [0, 0.05) is 32.7 Å². The van der Waals surface area contributed by atoms with Crippen molar-refractivity contribution in [1.29, 1.82) is 0 Å². The van der Waals surface area contributed by atoms with Crippen molar-refractivity contribution in [2.45, 2.75) is 103 Å².